The van der Waals surface area contributed by atoms with E-state index in [1.807, 2.05) is 0 Å². The standard InChI is InChI=1S/C20H25N3O5S/c1-3-23(4-2)29(26,27)16-11-9-15(10-12-16)13-22-19(24)14-28-18-8-6-5-7-17(18)20(21)25/h5-12H,3-4,13-14H2,1-2H3,(H2,21,25)(H,22,24). The van der Waals surface area contributed by atoms with Gasteiger partial charge in [0.15, 0.2) is 6.61 Å². The highest BCUT2D eigenvalue weighted by Crippen LogP contribution is 2.17. The van der Waals surface area contributed by atoms with Crippen LogP contribution in [0.3, 0.4) is 0 Å². The molecule has 0 aromatic heterocycles. The predicted octanol–water partition coefficient (Wildman–Crippen LogP) is 1.51. The molecule has 0 aliphatic carbocycles. The van der Waals surface area contributed by atoms with E-state index in [1.54, 1.807) is 44.2 Å². The number of amides is 2. The zero-order valence-corrected chi connectivity index (χ0v) is 17.2. The summed E-state index contributed by atoms with van der Waals surface area (Å²) in [5.41, 5.74) is 6.21. The monoisotopic (exact) mass is 419 g/mol. The summed E-state index contributed by atoms with van der Waals surface area (Å²) < 4.78 is 31.7. The average molecular weight is 420 g/mol. The van der Waals surface area contributed by atoms with Crippen LogP contribution in [-0.2, 0) is 21.4 Å². The molecule has 0 radical (unpaired) electrons. The van der Waals surface area contributed by atoms with Crippen molar-refractivity contribution in [2.24, 2.45) is 5.73 Å². The van der Waals surface area contributed by atoms with Gasteiger partial charge in [-0.15, -0.1) is 0 Å². The quantitative estimate of drug-likeness (QED) is 0.605. The molecule has 8 nitrogen and oxygen atoms in total. The van der Waals surface area contributed by atoms with E-state index >= 15 is 0 Å². The molecule has 29 heavy (non-hydrogen) atoms. The fourth-order valence-electron chi connectivity index (χ4n) is 2.68. The molecular weight excluding hydrogens is 394 g/mol. The van der Waals surface area contributed by atoms with Crippen molar-refractivity contribution in [1.82, 2.24) is 9.62 Å². The first-order chi connectivity index (χ1) is 13.8. The third-order valence-corrected chi connectivity index (χ3v) is 6.33. The van der Waals surface area contributed by atoms with E-state index in [0.717, 1.165) is 5.56 Å². The Labute approximate surface area is 170 Å². The maximum Gasteiger partial charge on any atom is 0.258 e. The van der Waals surface area contributed by atoms with E-state index in [1.165, 1.54) is 22.5 Å². The van der Waals surface area contributed by atoms with Crippen molar-refractivity contribution in [3.05, 3.63) is 59.7 Å². The smallest absolute Gasteiger partial charge is 0.258 e. The molecule has 0 heterocycles. The van der Waals surface area contributed by atoms with Gasteiger partial charge in [-0.25, -0.2) is 8.42 Å². The van der Waals surface area contributed by atoms with Crippen molar-refractivity contribution >= 4 is 21.8 Å². The van der Waals surface area contributed by atoms with Crippen LogP contribution in [0.25, 0.3) is 0 Å². The Bertz CT molecular complexity index is 954. The van der Waals surface area contributed by atoms with E-state index in [0.29, 0.717) is 13.1 Å². The predicted molar refractivity (Wildman–Crippen MR) is 109 cm³/mol. The maximum absolute atomic E-state index is 12.5. The molecule has 2 aromatic rings. The summed E-state index contributed by atoms with van der Waals surface area (Å²) in [6.45, 7) is 4.30. The number of hydrogen-bond acceptors (Lipinski definition) is 5. The molecule has 0 aliphatic heterocycles. The topological polar surface area (TPSA) is 119 Å². The lowest BCUT2D eigenvalue weighted by Gasteiger charge is -2.18. The molecular formula is C20H25N3O5S. The minimum absolute atomic E-state index is 0.199. The zero-order valence-electron chi connectivity index (χ0n) is 16.4. The van der Waals surface area contributed by atoms with E-state index in [2.05, 4.69) is 5.32 Å². The molecule has 2 rings (SSSR count). The van der Waals surface area contributed by atoms with Gasteiger partial charge < -0.3 is 15.8 Å². The Hall–Kier alpha value is -2.91. The normalized spacial score (nSPS) is 11.3. The molecule has 0 saturated carbocycles. The second-order valence-electron chi connectivity index (χ2n) is 6.16. The van der Waals surface area contributed by atoms with Crippen molar-refractivity contribution < 1.29 is 22.7 Å². The highest BCUT2D eigenvalue weighted by Gasteiger charge is 2.21. The lowest BCUT2D eigenvalue weighted by molar-refractivity contribution is -0.123. The van der Waals surface area contributed by atoms with Crippen LogP contribution >= 0.6 is 0 Å². The van der Waals surface area contributed by atoms with E-state index < -0.39 is 15.9 Å². The lowest BCUT2D eigenvalue weighted by Crippen LogP contribution is -2.30. The molecule has 0 unspecified atom stereocenters. The fourth-order valence-corrected chi connectivity index (χ4v) is 4.14. The first-order valence-electron chi connectivity index (χ1n) is 9.17. The van der Waals surface area contributed by atoms with E-state index in [9.17, 15) is 18.0 Å². The molecule has 0 fully saturated rings. The number of primary amides is 1. The van der Waals surface area contributed by atoms with Crippen molar-refractivity contribution in [3.8, 4) is 5.75 Å². The van der Waals surface area contributed by atoms with Crippen LogP contribution < -0.4 is 15.8 Å². The molecule has 9 heteroatoms. The average Bonchev–Trinajstić information content (AvgIpc) is 2.71. The van der Waals surface area contributed by atoms with Crippen molar-refractivity contribution in [2.45, 2.75) is 25.3 Å². The fraction of sp³-hybridized carbons (Fsp3) is 0.300. The molecule has 0 saturated heterocycles. The van der Waals surface area contributed by atoms with Crippen LogP contribution in [0, 0.1) is 0 Å². The van der Waals surface area contributed by atoms with Gasteiger partial charge in [0.2, 0.25) is 10.0 Å². The SMILES string of the molecule is CCN(CC)S(=O)(=O)c1ccc(CNC(=O)COc2ccccc2C(N)=O)cc1. The van der Waals surface area contributed by atoms with E-state index in [4.69, 9.17) is 10.5 Å². The van der Waals surface area contributed by atoms with Crippen LogP contribution in [0.4, 0.5) is 0 Å². The molecule has 0 bridgehead atoms. The maximum atomic E-state index is 12.5. The third kappa shape index (κ3) is 5.78. The van der Waals surface area contributed by atoms with Crippen molar-refractivity contribution in [2.75, 3.05) is 19.7 Å². The van der Waals surface area contributed by atoms with Gasteiger partial charge in [0.1, 0.15) is 5.75 Å². The third-order valence-electron chi connectivity index (χ3n) is 4.27. The number of carbonyl (C=O) groups is 2. The largest absolute Gasteiger partial charge is 0.483 e. The lowest BCUT2D eigenvalue weighted by atomic mass is 10.2. The summed E-state index contributed by atoms with van der Waals surface area (Å²) in [4.78, 5) is 23.6. The molecule has 0 aliphatic rings. The Balaban J connectivity index is 1.92. The van der Waals surface area contributed by atoms with Crippen molar-refractivity contribution in [1.29, 1.82) is 0 Å². The van der Waals surface area contributed by atoms with Crippen molar-refractivity contribution in [3.63, 3.8) is 0 Å². The number of para-hydroxylation sites is 1. The number of nitrogens with one attached hydrogen (secondary N) is 1. The summed E-state index contributed by atoms with van der Waals surface area (Å²) in [6, 6.07) is 12.7. The van der Waals surface area contributed by atoms with Gasteiger partial charge >= 0.3 is 0 Å². The molecule has 0 spiro atoms. The number of hydrogen-bond donors (Lipinski definition) is 2. The van der Waals surface area contributed by atoms with Gasteiger partial charge in [-0.3, -0.25) is 9.59 Å². The molecule has 0 atom stereocenters. The number of nitrogens with two attached hydrogens (primary N) is 1. The summed E-state index contributed by atoms with van der Waals surface area (Å²) in [5.74, 6) is -0.786. The van der Waals surface area contributed by atoms with Crippen LogP contribution in [0.1, 0.15) is 29.8 Å². The summed E-state index contributed by atoms with van der Waals surface area (Å²) in [7, 11) is -3.51. The zero-order chi connectivity index (χ0) is 21.4. The Morgan fingerprint density at radius 2 is 1.66 bits per heavy atom. The summed E-state index contributed by atoms with van der Waals surface area (Å²) in [6.07, 6.45) is 0. The van der Waals surface area contributed by atoms with Gasteiger partial charge in [-0.05, 0) is 29.8 Å². The second-order valence-corrected chi connectivity index (χ2v) is 8.10. The summed E-state index contributed by atoms with van der Waals surface area (Å²) >= 11 is 0. The minimum atomic E-state index is -3.51. The van der Waals surface area contributed by atoms with Gasteiger partial charge in [0.05, 0.1) is 10.5 Å². The van der Waals surface area contributed by atoms with Gasteiger partial charge in [-0.1, -0.05) is 38.1 Å². The second kappa shape index (κ2) is 10.0. The van der Waals surface area contributed by atoms with E-state index in [-0.39, 0.29) is 35.3 Å². The Morgan fingerprint density at radius 1 is 1.03 bits per heavy atom. The first-order valence-corrected chi connectivity index (χ1v) is 10.6. The van der Waals surface area contributed by atoms with Crippen LogP contribution in [0.5, 0.6) is 5.75 Å². The molecule has 3 N–H and O–H groups in total. The molecule has 156 valence electrons. The Morgan fingerprint density at radius 3 is 2.24 bits per heavy atom. The highest BCUT2D eigenvalue weighted by atomic mass is 32.2. The van der Waals surface area contributed by atoms with Crippen LogP contribution in [0.2, 0.25) is 0 Å². The minimum Gasteiger partial charge on any atom is -0.483 e. The number of ether oxygens (including phenoxy) is 1. The van der Waals surface area contributed by atoms with Gasteiger partial charge in [-0.2, -0.15) is 4.31 Å². The molecule has 2 amide bonds. The number of carbonyl (C=O) groups excluding carboxylic acids is 2. The van der Waals surface area contributed by atoms with Gasteiger partial charge in [0, 0.05) is 19.6 Å². The number of nitrogens with zero attached hydrogens (tertiary/aromatic N) is 1. The van der Waals surface area contributed by atoms with Crippen LogP contribution in [0.15, 0.2) is 53.4 Å². The van der Waals surface area contributed by atoms with Gasteiger partial charge in [0.25, 0.3) is 11.8 Å². The Kier molecular flexibility index (Phi) is 7.74. The highest BCUT2D eigenvalue weighted by molar-refractivity contribution is 7.89. The number of sulfonamides is 1. The number of benzene rings is 2. The van der Waals surface area contributed by atoms with Crippen LogP contribution in [-0.4, -0.2) is 44.2 Å². The first kappa shape index (κ1) is 22.4. The number of rotatable bonds is 10. The molecule has 2 aromatic carbocycles. The summed E-state index contributed by atoms with van der Waals surface area (Å²) in [5, 5.41) is 2.68.